The van der Waals surface area contributed by atoms with Crippen LogP contribution < -0.4 is 4.90 Å². The molecule has 0 bridgehead atoms. The van der Waals surface area contributed by atoms with Crippen molar-refractivity contribution in [1.29, 1.82) is 0 Å². The third kappa shape index (κ3) is 3.51. The molecule has 0 amide bonds. The molecule has 4 nitrogen and oxygen atoms in total. The van der Waals surface area contributed by atoms with Gasteiger partial charge in [0.2, 0.25) is 0 Å². The van der Waals surface area contributed by atoms with Gasteiger partial charge < -0.3 is 10.0 Å². The van der Waals surface area contributed by atoms with Crippen LogP contribution in [-0.2, 0) is 6.42 Å². The second kappa shape index (κ2) is 6.29. The molecule has 0 spiro atoms. The maximum atomic E-state index is 9.76. The number of anilines is 1. The summed E-state index contributed by atoms with van der Waals surface area (Å²) in [6, 6.07) is 7.79. The Labute approximate surface area is 113 Å². The molecular formula is C15H19N3O. The number of likely N-dealkylation sites (N-methyl/N-ethyl adjacent to an activating group) is 1. The Morgan fingerprint density at radius 1 is 1.21 bits per heavy atom. The van der Waals surface area contributed by atoms with E-state index in [1.54, 1.807) is 25.5 Å². The van der Waals surface area contributed by atoms with Gasteiger partial charge in [0.25, 0.3) is 0 Å². The van der Waals surface area contributed by atoms with Crippen molar-refractivity contribution in [2.45, 2.75) is 19.4 Å². The molecule has 4 heteroatoms. The standard InChI is InChI=1S/C15H19N3O/c1-12(19)14-4-3-8-17-15(14)18(2)11-7-13-5-9-16-10-6-13/h3-6,8-10,12,19H,7,11H2,1-2H3/t12-/m1/s1. The number of aliphatic hydroxyl groups excluding tert-OH is 1. The molecule has 1 N–H and O–H groups in total. The summed E-state index contributed by atoms with van der Waals surface area (Å²) in [6.07, 6.45) is 5.78. The molecule has 2 heterocycles. The summed E-state index contributed by atoms with van der Waals surface area (Å²) in [4.78, 5) is 10.4. The van der Waals surface area contributed by atoms with E-state index in [2.05, 4.69) is 14.9 Å². The average molecular weight is 257 g/mol. The fraction of sp³-hybridized carbons (Fsp3) is 0.333. The van der Waals surface area contributed by atoms with Crippen molar-refractivity contribution in [2.75, 3.05) is 18.5 Å². The molecular weight excluding hydrogens is 238 g/mol. The molecule has 19 heavy (non-hydrogen) atoms. The van der Waals surface area contributed by atoms with E-state index < -0.39 is 6.10 Å². The summed E-state index contributed by atoms with van der Waals surface area (Å²) in [6.45, 7) is 2.61. The summed E-state index contributed by atoms with van der Waals surface area (Å²) in [5, 5.41) is 9.76. The normalized spacial score (nSPS) is 12.2. The van der Waals surface area contributed by atoms with E-state index in [0.717, 1.165) is 24.3 Å². The minimum Gasteiger partial charge on any atom is -0.389 e. The first-order valence-corrected chi connectivity index (χ1v) is 6.41. The molecule has 0 saturated carbocycles. The monoisotopic (exact) mass is 257 g/mol. The maximum absolute atomic E-state index is 9.76. The van der Waals surface area contributed by atoms with Gasteiger partial charge in [-0.2, -0.15) is 0 Å². The van der Waals surface area contributed by atoms with Crippen molar-refractivity contribution in [3.63, 3.8) is 0 Å². The number of pyridine rings is 2. The number of aliphatic hydroxyl groups is 1. The first-order chi connectivity index (χ1) is 9.18. The number of hydrogen-bond acceptors (Lipinski definition) is 4. The van der Waals surface area contributed by atoms with E-state index in [-0.39, 0.29) is 0 Å². The number of rotatable bonds is 5. The number of nitrogens with zero attached hydrogens (tertiary/aromatic N) is 3. The van der Waals surface area contributed by atoms with Crippen LogP contribution in [-0.4, -0.2) is 28.7 Å². The molecule has 0 unspecified atom stereocenters. The minimum atomic E-state index is -0.507. The molecule has 100 valence electrons. The highest BCUT2D eigenvalue weighted by Gasteiger charge is 2.12. The van der Waals surface area contributed by atoms with Gasteiger partial charge >= 0.3 is 0 Å². The minimum absolute atomic E-state index is 0.507. The molecule has 0 radical (unpaired) electrons. The van der Waals surface area contributed by atoms with Crippen molar-refractivity contribution in [1.82, 2.24) is 9.97 Å². The zero-order valence-corrected chi connectivity index (χ0v) is 11.3. The van der Waals surface area contributed by atoms with Crippen molar-refractivity contribution in [3.05, 3.63) is 54.0 Å². The summed E-state index contributed by atoms with van der Waals surface area (Å²) in [5.41, 5.74) is 2.11. The highest BCUT2D eigenvalue weighted by atomic mass is 16.3. The van der Waals surface area contributed by atoms with Crippen molar-refractivity contribution < 1.29 is 5.11 Å². The van der Waals surface area contributed by atoms with Gasteiger partial charge in [0.05, 0.1) is 6.10 Å². The van der Waals surface area contributed by atoms with Crippen molar-refractivity contribution in [3.8, 4) is 0 Å². The van der Waals surface area contributed by atoms with E-state index >= 15 is 0 Å². The van der Waals surface area contributed by atoms with Crippen molar-refractivity contribution >= 4 is 5.82 Å². The number of aromatic nitrogens is 2. The van der Waals surface area contributed by atoms with E-state index in [0.29, 0.717) is 0 Å². The molecule has 0 aliphatic carbocycles. The van der Waals surface area contributed by atoms with Gasteiger partial charge in [-0.3, -0.25) is 4.98 Å². The Hall–Kier alpha value is -1.94. The number of hydrogen-bond donors (Lipinski definition) is 1. The quantitative estimate of drug-likeness (QED) is 0.892. The second-order valence-electron chi connectivity index (χ2n) is 4.62. The maximum Gasteiger partial charge on any atom is 0.134 e. The van der Waals surface area contributed by atoms with E-state index in [4.69, 9.17) is 0 Å². The molecule has 2 rings (SSSR count). The van der Waals surface area contributed by atoms with E-state index in [1.807, 2.05) is 31.3 Å². The zero-order valence-electron chi connectivity index (χ0n) is 11.3. The summed E-state index contributed by atoms with van der Waals surface area (Å²) >= 11 is 0. The highest BCUT2D eigenvalue weighted by Crippen LogP contribution is 2.22. The molecule has 2 aromatic rings. The third-order valence-corrected chi connectivity index (χ3v) is 3.11. The summed E-state index contributed by atoms with van der Waals surface area (Å²) in [7, 11) is 2.00. The smallest absolute Gasteiger partial charge is 0.134 e. The molecule has 0 aliphatic rings. The average Bonchev–Trinajstić information content (AvgIpc) is 2.46. The van der Waals surface area contributed by atoms with Crippen LogP contribution in [0.25, 0.3) is 0 Å². The van der Waals surface area contributed by atoms with Gasteiger partial charge in [-0.25, -0.2) is 4.98 Å². The van der Waals surface area contributed by atoms with E-state index in [1.165, 1.54) is 5.56 Å². The molecule has 0 aromatic carbocycles. The fourth-order valence-corrected chi connectivity index (χ4v) is 2.01. The molecule has 0 aliphatic heterocycles. The molecule has 1 atom stereocenters. The van der Waals surface area contributed by atoms with Gasteiger partial charge in [0.1, 0.15) is 5.82 Å². The first kappa shape index (κ1) is 13.5. The Morgan fingerprint density at radius 3 is 2.63 bits per heavy atom. The Balaban J connectivity index is 2.06. The SMILES string of the molecule is C[C@@H](O)c1cccnc1N(C)CCc1ccncc1. The van der Waals surface area contributed by atoms with Crippen LogP contribution in [0.2, 0.25) is 0 Å². The summed E-state index contributed by atoms with van der Waals surface area (Å²) < 4.78 is 0. The van der Waals surface area contributed by atoms with Crippen LogP contribution in [0.1, 0.15) is 24.2 Å². The lowest BCUT2D eigenvalue weighted by molar-refractivity contribution is 0.199. The van der Waals surface area contributed by atoms with Gasteiger partial charge in [-0.15, -0.1) is 0 Å². The van der Waals surface area contributed by atoms with Crippen molar-refractivity contribution in [2.24, 2.45) is 0 Å². The Bertz CT molecular complexity index is 514. The van der Waals surface area contributed by atoms with Crippen LogP contribution in [0.5, 0.6) is 0 Å². The van der Waals surface area contributed by atoms with Crippen LogP contribution in [0.4, 0.5) is 5.82 Å². The van der Waals surface area contributed by atoms with Gasteiger partial charge in [0.15, 0.2) is 0 Å². The van der Waals surface area contributed by atoms with Gasteiger partial charge in [0, 0.05) is 37.7 Å². The lowest BCUT2D eigenvalue weighted by atomic mass is 10.1. The molecule has 0 fully saturated rings. The van der Waals surface area contributed by atoms with Crippen LogP contribution >= 0.6 is 0 Å². The predicted octanol–water partition coefficient (Wildman–Crippen LogP) is 2.21. The van der Waals surface area contributed by atoms with E-state index in [9.17, 15) is 5.11 Å². The van der Waals surface area contributed by atoms with Crippen LogP contribution in [0.3, 0.4) is 0 Å². The predicted molar refractivity (Wildman–Crippen MR) is 76.1 cm³/mol. The Kier molecular flexibility index (Phi) is 4.47. The zero-order chi connectivity index (χ0) is 13.7. The molecule has 2 aromatic heterocycles. The van der Waals surface area contributed by atoms with Gasteiger partial charge in [-0.05, 0) is 37.1 Å². The Morgan fingerprint density at radius 2 is 1.95 bits per heavy atom. The molecule has 0 saturated heterocycles. The highest BCUT2D eigenvalue weighted by molar-refractivity contribution is 5.47. The third-order valence-electron chi connectivity index (χ3n) is 3.11. The largest absolute Gasteiger partial charge is 0.389 e. The fourth-order valence-electron chi connectivity index (χ4n) is 2.01. The van der Waals surface area contributed by atoms with Crippen LogP contribution in [0.15, 0.2) is 42.9 Å². The van der Waals surface area contributed by atoms with Gasteiger partial charge in [-0.1, -0.05) is 6.07 Å². The first-order valence-electron chi connectivity index (χ1n) is 6.41. The summed E-state index contributed by atoms with van der Waals surface area (Å²) in [5.74, 6) is 0.839. The van der Waals surface area contributed by atoms with Crippen LogP contribution in [0, 0.1) is 0 Å². The lowest BCUT2D eigenvalue weighted by Gasteiger charge is -2.22. The topological polar surface area (TPSA) is 49.3 Å². The lowest BCUT2D eigenvalue weighted by Crippen LogP contribution is -2.23. The second-order valence-corrected chi connectivity index (χ2v) is 4.62.